The summed E-state index contributed by atoms with van der Waals surface area (Å²) in [6, 6.07) is 21.9. The number of amides is 3. The first-order valence-electron chi connectivity index (χ1n) is 11.7. The molecule has 0 saturated heterocycles. The Balaban J connectivity index is 1.51. The first-order valence-corrected chi connectivity index (χ1v) is 11.7. The predicted molar refractivity (Wildman–Crippen MR) is 140 cm³/mol. The molecule has 0 aromatic heterocycles. The number of benzene rings is 3. The molecule has 3 aromatic carbocycles. The number of anilines is 2. The molecule has 0 unspecified atom stereocenters. The molecule has 188 valence electrons. The maximum absolute atomic E-state index is 12.5. The van der Waals surface area contributed by atoms with Crippen LogP contribution in [0.4, 0.5) is 11.4 Å². The molecule has 0 atom stereocenters. The van der Waals surface area contributed by atoms with Crippen LogP contribution in [0.1, 0.15) is 35.2 Å². The van der Waals surface area contributed by atoms with Crippen molar-refractivity contribution in [2.24, 2.45) is 0 Å². The first kappa shape index (κ1) is 26.3. The Kier molecular flexibility index (Phi) is 9.88. The SMILES string of the molecule is COc1cc(NC(=O)c2ccccc2)c(OC)cc1NC(=O)CCCC(=O)NCCc1ccccc1. The summed E-state index contributed by atoms with van der Waals surface area (Å²) in [6.07, 6.45) is 1.60. The van der Waals surface area contributed by atoms with Gasteiger partial charge < -0.3 is 25.4 Å². The molecule has 0 aliphatic heterocycles. The molecular formula is C28H31N3O5. The number of nitrogens with one attached hydrogen (secondary N) is 3. The van der Waals surface area contributed by atoms with E-state index in [1.54, 1.807) is 36.4 Å². The summed E-state index contributed by atoms with van der Waals surface area (Å²) < 4.78 is 10.8. The van der Waals surface area contributed by atoms with Crippen molar-refractivity contribution in [1.82, 2.24) is 5.32 Å². The molecule has 0 aliphatic rings. The van der Waals surface area contributed by atoms with Gasteiger partial charge in [0.05, 0.1) is 25.6 Å². The molecule has 3 N–H and O–H groups in total. The predicted octanol–water partition coefficient (Wildman–Crippen LogP) is 4.42. The van der Waals surface area contributed by atoms with Crippen LogP contribution in [-0.2, 0) is 16.0 Å². The van der Waals surface area contributed by atoms with Gasteiger partial charge in [-0.3, -0.25) is 14.4 Å². The van der Waals surface area contributed by atoms with Crippen molar-refractivity contribution in [2.45, 2.75) is 25.7 Å². The standard InChI is InChI=1S/C28H31N3O5/c1-35-24-19-23(31-28(34)21-12-7-4-8-13-21)25(36-2)18-22(24)30-27(33)15-9-14-26(32)29-17-16-20-10-5-3-6-11-20/h3-8,10-13,18-19H,9,14-17H2,1-2H3,(H,29,32)(H,30,33)(H,31,34). The summed E-state index contributed by atoms with van der Waals surface area (Å²) in [5.74, 6) is 0.0964. The number of ether oxygens (including phenoxy) is 2. The highest BCUT2D eigenvalue weighted by Gasteiger charge is 2.16. The van der Waals surface area contributed by atoms with E-state index in [4.69, 9.17) is 9.47 Å². The van der Waals surface area contributed by atoms with Crippen LogP contribution in [0.3, 0.4) is 0 Å². The van der Waals surface area contributed by atoms with Gasteiger partial charge in [-0.05, 0) is 30.5 Å². The average Bonchev–Trinajstić information content (AvgIpc) is 2.90. The quantitative estimate of drug-likeness (QED) is 0.349. The summed E-state index contributed by atoms with van der Waals surface area (Å²) in [4.78, 5) is 37.1. The molecule has 0 heterocycles. The molecule has 36 heavy (non-hydrogen) atoms. The minimum atomic E-state index is -0.296. The van der Waals surface area contributed by atoms with E-state index in [-0.39, 0.29) is 30.6 Å². The second-order valence-corrected chi connectivity index (χ2v) is 8.06. The number of hydrogen-bond acceptors (Lipinski definition) is 5. The van der Waals surface area contributed by atoms with E-state index in [0.717, 1.165) is 12.0 Å². The molecular weight excluding hydrogens is 458 g/mol. The fraction of sp³-hybridized carbons (Fsp3) is 0.250. The monoisotopic (exact) mass is 489 g/mol. The Morgan fingerprint density at radius 1 is 0.722 bits per heavy atom. The molecule has 8 heteroatoms. The molecule has 0 spiro atoms. The second kappa shape index (κ2) is 13.5. The summed E-state index contributed by atoms with van der Waals surface area (Å²) in [6.45, 7) is 0.555. The Labute approximate surface area is 211 Å². The van der Waals surface area contributed by atoms with Crippen LogP contribution in [-0.4, -0.2) is 38.5 Å². The van der Waals surface area contributed by atoms with Crippen molar-refractivity contribution in [1.29, 1.82) is 0 Å². The van der Waals surface area contributed by atoms with Crippen molar-refractivity contribution in [3.63, 3.8) is 0 Å². The van der Waals surface area contributed by atoms with Gasteiger partial charge in [0.25, 0.3) is 5.91 Å². The lowest BCUT2D eigenvalue weighted by atomic mass is 10.1. The summed E-state index contributed by atoms with van der Waals surface area (Å²) in [5, 5.41) is 8.48. The van der Waals surface area contributed by atoms with E-state index in [1.165, 1.54) is 14.2 Å². The number of methoxy groups -OCH3 is 2. The highest BCUT2D eigenvalue weighted by molar-refractivity contribution is 6.05. The van der Waals surface area contributed by atoms with Crippen LogP contribution in [0.25, 0.3) is 0 Å². The lowest BCUT2D eigenvalue weighted by Crippen LogP contribution is -2.25. The molecule has 0 fully saturated rings. The third-order valence-corrected chi connectivity index (χ3v) is 5.47. The van der Waals surface area contributed by atoms with E-state index in [0.29, 0.717) is 41.4 Å². The van der Waals surface area contributed by atoms with E-state index in [1.807, 2.05) is 36.4 Å². The Bertz CT molecular complexity index is 1170. The molecule has 3 aromatic rings. The summed E-state index contributed by atoms with van der Waals surface area (Å²) in [7, 11) is 2.95. The zero-order valence-electron chi connectivity index (χ0n) is 20.5. The molecule has 0 bridgehead atoms. The van der Waals surface area contributed by atoms with Gasteiger partial charge in [-0.15, -0.1) is 0 Å². The second-order valence-electron chi connectivity index (χ2n) is 8.06. The van der Waals surface area contributed by atoms with Crippen LogP contribution in [0.15, 0.2) is 72.8 Å². The van der Waals surface area contributed by atoms with Crippen LogP contribution in [0.5, 0.6) is 11.5 Å². The first-order chi connectivity index (χ1) is 17.5. The van der Waals surface area contributed by atoms with E-state index in [9.17, 15) is 14.4 Å². The molecule has 3 rings (SSSR count). The van der Waals surface area contributed by atoms with Gasteiger partial charge in [0, 0.05) is 37.1 Å². The highest BCUT2D eigenvalue weighted by atomic mass is 16.5. The third-order valence-electron chi connectivity index (χ3n) is 5.47. The van der Waals surface area contributed by atoms with Gasteiger partial charge in [0.15, 0.2) is 0 Å². The Hall–Kier alpha value is -4.33. The normalized spacial score (nSPS) is 10.3. The largest absolute Gasteiger partial charge is 0.494 e. The fourth-order valence-electron chi connectivity index (χ4n) is 3.58. The number of hydrogen-bond donors (Lipinski definition) is 3. The lowest BCUT2D eigenvalue weighted by Gasteiger charge is -2.16. The van der Waals surface area contributed by atoms with Crippen LogP contribution in [0.2, 0.25) is 0 Å². The molecule has 0 aliphatic carbocycles. The van der Waals surface area contributed by atoms with E-state index in [2.05, 4.69) is 16.0 Å². The van der Waals surface area contributed by atoms with Crippen molar-refractivity contribution < 1.29 is 23.9 Å². The summed E-state index contributed by atoms with van der Waals surface area (Å²) in [5.41, 5.74) is 2.48. The van der Waals surface area contributed by atoms with Crippen molar-refractivity contribution >= 4 is 29.1 Å². The van der Waals surface area contributed by atoms with Crippen LogP contribution in [0, 0.1) is 0 Å². The maximum Gasteiger partial charge on any atom is 0.255 e. The number of carbonyl (C=O) groups is 3. The molecule has 8 nitrogen and oxygen atoms in total. The molecule has 3 amide bonds. The lowest BCUT2D eigenvalue weighted by molar-refractivity contribution is -0.121. The van der Waals surface area contributed by atoms with Crippen molar-refractivity contribution in [3.05, 3.63) is 83.9 Å². The smallest absolute Gasteiger partial charge is 0.255 e. The number of rotatable bonds is 12. The Morgan fingerprint density at radius 3 is 1.89 bits per heavy atom. The van der Waals surface area contributed by atoms with Crippen molar-refractivity contribution in [2.75, 3.05) is 31.4 Å². The minimum absolute atomic E-state index is 0.0866. The highest BCUT2D eigenvalue weighted by Crippen LogP contribution is 2.36. The van der Waals surface area contributed by atoms with Gasteiger partial charge >= 0.3 is 0 Å². The maximum atomic E-state index is 12.5. The average molecular weight is 490 g/mol. The van der Waals surface area contributed by atoms with Gasteiger partial charge in [-0.25, -0.2) is 0 Å². The third kappa shape index (κ3) is 7.87. The van der Waals surface area contributed by atoms with Crippen molar-refractivity contribution in [3.8, 4) is 11.5 Å². The van der Waals surface area contributed by atoms with E-state index < -0.39 is 0 Å². The topological polar surface area (TPSA) is 106 Å². The summed E-state index contributed by atoms with van der Waals surface area (Å²) >= 11 is 0. The molecule has 0 radical (unpaired) electrons. The van der Waals surface area contributed by atoms with Crippen LogP contribution >= 0.6 is 0 Å². The van der Waals surface area contributed by atoms with E-state index >= 15 is 0 Å². The molecule has 0 saturated carbocycles. The zero-order valence-corrected chi connectivity index (χ0v) is 20.5. The van der Waals surface area contributed by atoms with Gasteiger partial charge in [-0.2, -0.15) is 0 Å². The Morgan fingerprint density at radius 2 is 1.28 bits per heavy atom. The minimum Gasteiger partial charge on any atom is -0.494 e. The zero-order chi connectivity index (χ0) is 25.8. The van der Waals surface area contributed by atoms with Gasteiger partial charge in [0.2, 0.25) is 11.8 Å². The van der Waals surface area contributed by atoms with Gasteiger partial charge in [0.1, 0.15) is 11.5 Å². The number of carbonyl (C=O) groups excluding carboxylic acids is 3. The van der Waals surface area contributed by atoms with Gasteiger partial charge in [-0.1, -0.05) is 48.5 Å². The fourth-order valence-corrected chi connectivity index (χ4v) is 3.58. The van der Waals surface area contributed by atoms with Crippen LogP contribution < -0.4 is 25.4 Å².